The third-order valence-corrected chi connectivity index (χ3v) is 3.56. The van der Waals surface area contributed by atoms with Crippen molar-refractivity contribution in [3.63, 3.8) is 0 Å². The maximum absolute atomic E-state index is 12.0. The topological polar surface area (TPSA) is 69.6 Å². The molecule has 1 aliphatic rings. The normalized spacial score (nSPS) is 14.9. The zero-order chi connectivity index (χ0) is 14.5. The molecule has 0 unspecified atom stereocenters. The summed E-state index contributed by atoms with van der Waals surface area (Å²) in [6.45, 7) is 3.35. The summed E-state index contributed by atoms with van der Waals surface area (Å²) in [4.78, 5) is 25.7. The lowest BCUT2D eigenvalue weighted by atomic mass is 10.1. The van der Waals surface area contributed by atoms with Crippen LogP contribution in [0.4, 0.5) is 0 Å². The molecule has 0 radical (unpaired) electrons. The number of nitrogens with one attached hydrogen (secondary N) is 1. The van der Waals surface area contributed by atoms with E-state index in [2.05, 4.69) is 5.32 Å². The molecule has 1 aromatic rings. The summed E-state index contributed by atoms with van der Waals surface area (Å²) in [6, 6.07) is 4.56. The molecular formula is C15H20N2O3. The second kappa shape index (κ2) is 6.41. The second-order valence-electron chi connectivity index (χ2n) is 5.12. The molecule has 1 aliphatic heterocycles. The molecule has 1 aromatic carbocycles. The van der Waals surface area contributed by atoms with Crippen LogP contribution < -0.4 is 5.32 Å². The van der Waals surface area contributed by atoms with E-state index < -0.39 is 0 Å². The van der Waals surface area contributed by atoms with Crippen LogP contribution in [0.15, 0.2) is 18.2 Å². The smallest absolute Gasteiger partial charge is 0.251 e. The van der Waals surface area contributed by atoms with Crippen molar-refractivity contribution in [1.82, 2.24) is 10.2 Å². The number of hydrogen-bond acceptors (Lipinski definition) is 3. The van der Waals surface area contributed by atoms with Crippen molar-refractivity contribution in [2.45, 2.75) is 26.2 Å². The molecule has 2 amide bonds. The van der Waals surface area contributed by atoms with Crippen LogP contribution in [0, 0.1) is 6.92 Å². The summed E-state index contributed by atoms with van der Waals surface area (Å²) < 4.78 is 0. The van der Waals surface area contributed by atoms with Crippen LogP contribution in [-0.4, -0.2) is 41.5 Å². The summed E-state index contributed by atoms with van der Waals surface area (Å²) in [7, 11) is 0. The van der Waals surface area contributed by atoms with E-state index in [-0.39, 0.29) is 24.1 Å². The van der Waals surface area contributed by atoms with E-state index in [9.17, 15) is 14.7 Å². The van der Waals surface area contributed by atoms with E-state index >= 15 is 0 Å². The maximum atomic E-state index is 12.0. The summed E-state index contributed by atoms with van der Waals surface area (Å²) >= 11 is 0. The van der Waals surface area contributed by atoms with Crippen molar-refractivity contribution >= 4 is 11.8 Å². The first kappa shape index (κ1) is 14.4. The van der Waals surface area contributed by atoms with E-state index in [0.717, 1.165) is 25.9 Å². The molecule has 1 saturated heterocycles. The van der Waals surface area contributed by atoms with Crippen LogP contribution in [0.2, 0.25) is 0 Å². The van der Waals surface area contributed by atoms with Crippen LogP contribution in [0.25, 0.3) is 0 Å². The number of aryl methyl sites for hydroxylation is 1. The average Bonchev–Trinajstić information content (AvgIpc) is 2.45. The van der Waals surface area contributed by atoms with Crippen molar-refractivity contribution in [3.8, 4) is 5.75 Å². The molecule has 5 heteroatoms. The van der Waals surface area contributed by atoms with Crippen molar-refractivity contribution in [1.29, 1.82) is 0 Å². The molecule has 5 nitrogen and oxygen atoms in total. The standard InChI is InChI=1S/C15H20N2O3/c1-11-9-12(18)5-6-13(11)15(20)16-10-14(19)17-7-3-2-4-8-17/h5-6,9,18H,2-4,7-8,10H2,1H3,(H,16,20). The molecular weight excluding hydrogens is 256 g/mol. The van der Waals surface area contributed by atoms with Crippen molar-refractivity contribution in [2.24, 2.45) is 0 Å². The number of amides is 2. The molecule has 0 bridgehead atoms. The number of benzene rings is 1. The van der Waals surface area contributed by atoms with E-state index in [1.165, 1.54) is 18.6 Å². The minimum absolute atomic E-state index is 0.0269. The van der Waals surface area contributed by atoms with Crippen LogP contribution in [0.1, 0.15) is 35.2 Å². The molecule has 2 N–H and O–H groups in total. The number of likely N-dealkylation sites (tertiary alicyclic amines) is 1. The fraction of sp³-hybridized carbons (Fsp3) is 0.467. The Balaban J connectivity index is 1.89. The molecule has 0 atom stereocenters. The molecule has 2 rings (SSSR count). The number of nitrogens with zero attached hydrogens (tertiary/aromatic N) is 1. The second-order valence-corrected chi connectivity index (χ2v) is 5.12. The summed E-state index contributed by atoms with van der Waals surface area (Å²) in [5.41, 5.74) is 1.17. The largest absolute Gasteiger partial charge is 0.508 e. The van der Waals surface area contributed by atoms with Gasteiger partial charge in [-0.1, -0.05) is 0 Å². The van der Waals surface area contributed by atoms with Crippen molar-refractivity contribution < 1.29 is 14.7 Å². The first-order valence-corrected chi connectivity index (χ1v) is 6.93. The Hall–Kier alpha value is -2.04. The third kappa shape index (κ3) is 3.50. The van der Waals surface area contributed by atoms with Gasteiger partial charge in [-0.25, -0.2) is 0 Å². The molecule has 0 aliphatic carbocycles. The highest BCUT2D eigenvalue weighted by atomic mass is 16.3. The number of carbonyl (C=O) groups is 2. The summed E-state index contributed by atoms with van der Waals surface area (Å²) in [5, 5.41) is 12.0. The van der Waals surface area contributed by atoms with Gasteiger partial charge in [-0.2, -0.15) is 0 Å². The van der Waals surface area contributed by atoms with Crippen LogP contribution in [0.5, 0.6) is 5.75 Å². The first-order valence-electron chi connectivity index (χ1n) is 6.93. The van der Waals surface area contributed by atoms with Gasteiger partial charge in [0.1, 0.15) is 5.75 Å². The molecule has 0 spiro atoms. The number of phenolic OH excluding ortho intramolecular Hbond substituents is 1. The monoisotopic (exact) mass is 276 g/mol. The predicted molar refractivity (Wildman–Crippen MR) is 75.6 cm³/mol. The number of aromatic hydroxyl groups is 1. The number of hydrogen-bond donors (Lipinski definition) is 2. The lowest BCUT2D eigenvalue weighted by molar-refractivity contribution is -0.130. The van der Waals surface area contributed by atoms with Gasteiger partial charge >= 0.3 is 0 Å². The van der Waals surface area contributed by atoms with Gasteiger partial charge in [0.25, 0.3) is 5.91 Å². The van der Waals surface area contributed by atoms with Gasteiger partial charge in [0, 0.05) is 18.7 Å². The Morgan fingerprint density at radius 1 is 1.25 bits per heavy atom. The Bertz CT molecular complexity index is 508. The zero-order valence-corrected chi connectivity index (χ0v) is 11.7. The molecule has 108 valence electrons. The first-order chi connectivity index (χ1) is 9.58. The van der Waals surface area contributed by atoms with E-state index in [1.54, 1.807) is 17.9 Å². The number of phenols is 1. The van der Waals surface area contributed by atoms with Gasteiger partial charge in [-0.3, -0.25) is 9.59 Å². The molecule has 0 aromatic heterocycles. The number of rotatable bonds is 3. The summed E-state index contributed by atoms with van der Waals surface area (Å²) in [5.74, 6) is -0.189. The van der Waals surface area contributed by atoms with E-state index in [0.29, 0.717) is 11.1 Å². The summed E-state index contributed by atoms with van der Waals surface area (Å²) in [6.07, 6.45) is 3.25. The van der Waals surface area contributed by atoms with Gasteiger partial charge in [-0.05, 0) is 49.9 Å². The Morgan fingerprint density at radius 3 is 2.60 bits per heavy atom. The number of carbonyl (C=O) groups excluding carboxylic acids is 2. The lowest BCUT2D eigenvalue weighted by Gasteiger charge is -2.26. The van der Waals surface area contributed by atoms with E-state index in [1.807, 2.05) is 0 Å². The molecule has 0 saturated carbocycles. The fourth-order valence-corrected chi connectivity index (χ4v) is 2.41. The van der Waals surface area contributed by atoms with Crippen molar-refractivity contribution in [3.05, 3.63) is 29.3 Å². The van der Waals surface area contributed by atoms with Crippen LogP contribution in [0.3, 0.4) is 0 Å². The maximum Gasteiger partial charge on any atom is 0.251 e. The van der Waals surface area contributed by atoms with Gasteiger partial charge in [0.2, 0.25) is 5.91 Å². The SMILES string of the molecule is Cc1cc(O)ccc1C(=O)NCC(=O)N1CCCCC1. The Morgan fingerprint density at radius 2 is 1.95 bits per heavy atom. The number of piperidine rings is 1. The lowest BCUT2D eigenvalue weighted by Crippen LogP contribution is -2.42. The van der Waals surface area contributed by atoms with Gasteiger partial charge in [0.05, 0.1) is 6.54 Å². The third-order valence-electron chi connectivity index (χ3n) is 3.56. The Kier molecular flexibility index (Phi) is 4.61. The average molecular weight is 276 g/mol. The molecule has 1 heterocycles. The van der Waals surface area contributed by atoms with Gasteiger partial charge in [0.15, 0.2) is 0 Å². The van der Waals surface area contributed by atoms with Gasteiger partial charge in [-0.15, -0.1) is 0 Å². The molecule has 20 heavy (non-hydrogen) atoms. The highest BCUT2D eigenvalue weighted by Gasteiger charge is 2.17. The minimum atomic E-state index is -0.284. The Labute approximate surface area is 118 Å². The minimum Gasteiger partial charge on any atom is -0.508 e. The van der Waals surface area contributed by atoms with Gasteiger partial charge < -0.3 is 15.3 Å². The quantitative estimate of drug-likeness (QED) is 0.877. The van der Waals surface area contributed by atoms with Crippen molar-refractivity contribution in [2.75, 3.05) is 19.6 Å². The van der Waals surface area contributed by atoms with E-state index in [4.69, 9.17) is 0 Å². The van der Waals surface area contributed by atoms with Crippen LogP contribution >= 0.6 is 0 Å². The highest BCUT2D eigenvalue weighted by molar-refractivity contribution is 5.97. The fourth-order valence-electron chi connectivity index (χ4n) is 2.41. The van der Waals surface area contributed by atoms with Crippen LogP contribution in [-0.2, 0) is 4.79 Å². The zero-order valence-electron chi connectivity index (χ0n) is 11.7. The predicted octanol–water partition coefficient (Wildman–Crippen LogP) is 1.44. The highest BCUT2D eigenvalue weighted by Crippen LogP contribution is 2.15. The molecule has 1 fully saturated rings.